The van der Waals surface area contributed by atoms with Crippen LogP contribution in [0.5, 0.6) is 0 Å². The first-order valence-electron chi connectivity index (χ1n) is 8.83. The Hall–Kier alpha value is -2.33. The number of nitrogens with one attached hydrogen (secondary N) is 2. The SMILES string of the molecule is Cc1cccc(C)c1NC(=O)CNC(=O)C1(c2ccc(Cl)cc2)CCC1. The third kappa shape index (κ3) is 3.61. The second-order valence-corrected chi connectivity index (χ2v) is 7.38. The molecule has 0 saturated heterocycles. The first kappa shape index (κ1) is 18.5. The lowest BCUT2D eigenvalue weighted by Crippen LogP contribution is -2.50. The molecular formula is C21H23ClN2O2. The van der Waals surface area contributed by atoms with Crippen molar-refractivity contribution in [2.75, 3.05) is 11.9 Å². The summed E-state index contributed by atoms with van der Waals surface area (Å²) in [7, 11) is 0. The minimum absolute atomic E-state index is 0.0397. The van der Waals surface area contributed by atoms with Crippen molar-refractivity contribution in [1.82, 2.24) is 5.32 Å². The summed E-state index contributed by atoms with van der Waals surface area (Å²) in [6.45, 7) is 3.86. The summed E-state index contributed by atoms with van der Waals surface area (Å²) in [5.41, 5.74) is 3.23. The molecule has 5 heteroatoms. The summed E-state index contributed by atoms with van der Waals surface area (Å²) >= 11 is 5.95. The van der Waals surface area contributed by atoms with Crippen LogP contribution in [0.3, 0.4) is 0 Å². The van der Waals surface area contributed by atoms with E-state index in [1.54, 1.807) is 12.1 Å². The van der Waals surface area contributed by atoms with E-state index < -0.39 is 5.41 Å². The van der Waals surface area contributed by atoms with Crippen LogP contribution in [0.2, 0.25) is 5.02 Å². The van der Waals surface area contributed by atoms with E-state index in [0.717, 1.165) is 41.6 Å². The van der Waals surface area contributed by atoms with Crippen LogP contribution < -0.4 is 10.6 Å². The number of amides is 2. The molecule has 1 fully saturated rings. The van der Waals surface area contributed by atoms with Gasteiger partial charge in [0, 0.05) is 10.7 Å². The lowest BCUT2D eigenvalue weighted by molar-refractivity contribution is -0.131. The second-order valence-electron chi connectivity index (χ2n) is 6.94. The van der Waals surface area contributed by atoms with Gasteiger partial charge in [0.2, 0.25) is 11.8 Å². The predicted octanol–water partition coefficient (Wildman–Crippen LogP) is 4.13. The first-order chi connectivity index (χ1) is 12.4. The van der Waals surface area contributed by atoms with Crippen LogP contribution in [0.15, 0.2) is 42.5 Å². The van der Waals surface area contributed by atoms with Crippen LogP contribution in [-0.2, 0) is 15.0 Å². The molecule has 1 saturated carbocycles. The zero-order valence-electron chi connectivity index (χ0n) is 15.1. The van der Waals surface area contributed by atoms with Gasteiger partial charge in [-0.1, -0.05) is 48.4 Å². The number of carbonyl (C=O) groups excluding carboxylic acids is 2. The Labute approximate surface area is 158 Å². The Bertz CT molecular complexity index is 806. The summed E-state index contributed by atoms with van der Waals surface area (Å²) in [5, 5.41) is 6.36. The van der Waals surface area contributed by atoms with E-state index >= 15 is 0 Å². The molecule has 0 heterocycles. The van der Waals surface area contributed by atoms with Gasteiger partial charge in [-0.2, -0.15) is 0 Å². The van der Waals surface area contributed by atoms with E-state index in [-0.39, 0.29) is 18.4 Å². The predicted molar refractivity (Wildman–Crippen MR) is 105 cm³/mol. The molecule has 0 spiro atoms. The fraction of sp³-hybridized carbons (Fsp3) is 0.333. The molecule has 1 aliphatic carbocycles. The number of benzene rings is 2. The van der Waals surface area contributed by atoms with Gasteiger partial charge in [-0.15, -0.1) is 0 Å². The van der Waals surface area contributed by atoms with Gasteiger partial charge in [-0.25, -0.2) is 0 Å². The molecule has 0 unspecified atom stereocenters. The highest BCUT2D eigenvalue weighted by Gasteiger charge is 2.45. The highest BCUT2D eigenvalue weighted by Crippen LogP contribution is 2.44. The molecule has 26 heavy (non-hydrogen) atoms. The Morgan fingerprint density at radius 3 is 2.19 bits per heavy atom. The number of hydrogen-bond acceptors (Lipinski definition) is 2. The van der Waals surface area contributed by atoms with E-state index in [0.29, 0.717) is 5.02 Å². The summed E-state index contributed by atoms with van der Waals surface area (Å²) < 4.78 is 0. The number of carbonyl (C=O) groups is 2. The van der Waals surface area contributed by atoms with Gasteiger partial charge in [0.15, 0.2) is 0 Å². The molecule has 3 rings (SSSR count). The van der Waals surface area contributed by atoms with E-state index in [2.05, 4.69) is 10.6 Å². The molecule has 0 radical (unpaired) electrons. The molecule has 0 aromatic heterocycles. The fourth-order valence-electron chi connectivity index (χ4n) is 3.47. The van der Waals surface area contributed by atoms with Crippen molar-refractivity contribution < 1.29 is 9.59 Å². The van der Waals surface area contributed by atoms with E-state index in [1.807, 2.05) is 44.2 Å². The maximum absolute atomic E-state index is 12.8. The average molecular weight is 371 g/mol. The molecule has 136 valence electrons. The van der Waals surface area contributed by atoms with Crippen molar-refractivity contribution in [2.24, 2.45) is 0 Å². The van der Waals surface area contributed by atoms with Gasteiger partial charge in [0.25, 0.3) is 0 Å². The summed E-state index contributed by atoms with van der Waals surface area (Å²) in [6.07, 6.45) is 2.59. The number of hydrogen-bond donors (Lipinski definition) is 2. The smallest absolute Gasteiger partial charge is 0.243 e. The number of anilines is 1. The monoisotopic (exact) mass is 370 g/mol. The number of rotatable bonds is 5. The zero-order valence-corrected chi connectivity index (χ0v) is 15.8. The Kier molecular flexibility index (Phi) is 5.33. The molecule has 2 aromatic carbocycles. The molecule has 2 N–H and O–H groups in total. The first-order valence-corrected chi connectivity index (χ1v) is 9.20. The fourth-order valence-corrected chi connectivity index (χ4v) is 3.60. The van der Waals surface area contributed by atoms with Gasteiger partial charge in [0.05, 0.1) is 12.0 Å². The highest BCUT2D eigenvalue weighted by molar-refractivity contribution is 6.30. The largest absolute Gasteiger partial charge is 0.346 e. The third-order valence-corrected chi connectivity index (χ3v) is 5.45. The van der Waals surface area contributed by atoms with Crippen molar-refractivity contribution in [3.8, 4) is 0 Å². The van der Waals surface area contributed by atoms with E-state index in [1.165, 1.54) is 0 Å². The van der Waals surface area contributed by atoms with Crippen molar-refractivity contribution >= 4 is 29.1 Å². The minimum atomic E-state index is -0.538. The molecule has 1 aliphatic rings. The normalized spacial score (nSPS) is 15.0. The van der Waals surface area contributed by atoms with Gasteiger partial charge >= 0.3 is 0 Å². The van der Waals surface area contributed by atoms with E-state index in [4.69, 9.17) is 11.6 Å². The number of halogens is 1. The van der Waals surface area contributed by atoms with Crippen molar-refractivity contribution in [2.45, 2.75) is 38.5 Å². The standard InChI is InChI=1S/C21H23ClN2O2/c1-14-5-3-6-15(2)19(14)24-18(25)13-23-20(26)21(11-4-12-21)16-7-9-17(22)10-8-16/h3,5-10H,4,11-13H2,1-2H3,(H,23,26)(H,24,25). The van der Waals surface area contributed by atoms with Crippen LogP contribution in [0.4, 0.5) is 5.69 Å². The molecule has 0 atom stereocenters. The third-order valence-electron chi connectivity index (χ3n) is 5.19. The van der Waals surface area contributed by atoms with Crippen LogP contribution in [0.25, 0.3) is 0 Å². The van der Waals surface area contributed by atoms with E-state index in [9.17, 15) is 9.59 Å². The minimum Gasteiger partial charge on any atom is -0.346 e. The van der Waals surface area contributed by atoms with Crippen molar-refractivity contribution in [1.29, 1.82) is 0 Å². The van der Waals surface area contributed by atoms with Crippen molar-refractivity contribution in [3.05, 3.63) is 64.2 Å². The average Bonchev–Trinajstić information content (AvgIpc) is 2.57. The summed E-state index contributed by atoms with van der Waals surface area (Å²) in [4.78, 5) is 25.1. The lowest BCUT2D eigenvalue weighted by atomic mass is 9.64. The molecule has 0 bridgehead atoms. The summed E-state index contributed by atoms with van der Waals surface area (Å²) in [5.74, 6) is -0.316. The topological polar surface area (TPSA) is 58.2 Å². The van der Waals surface area contributed by atoms with Gasteiger partial charge in [0.1, 0.15) is 0 Å². The zero-order chi connectivity index (χ0) is 18.7. The van der Waals surface area contributed by atoms with Crippen LogP contribution in [-0.4, -0.2) is 18.4 Å². The quantitative estimate of drug-likeness (QED) is 0.831. The number of para-hydroxylation sites is 1. The molecule has 2 amide bonds. The maximum Gasteiger partial charge on any atom is 0.243 e. The van der Waals surface area contributed by atoms with Crippen LogP contribution in [0, 0.1) is 13.8 Å². The van der Waals surface area contributed by atoms with Gasteiger partial charge in [-0.05, 0) is 55.5 Å². The van der Waals surface area contributed by atoms with Crippen molar-refractivity contribution in [3.63, 3.8) is 0 Å². The van der Waals surface area contributed by atoms with Crippen LogP contribution >= 0.6 is 11.6 Å². The second kappa shape index (κ2) is 7.50. The Morgan fingerprint density at radius 1 is 1.04 bits per heavy atom. The molecule has 4 nitrogen and oxygen atoms in total. The molecule has 2 aromatic rings. The maximum atomic E-state index is 12.8. The molecular weight excluding hydrogens is 348 g/mol. The lowest BCUT2D eigenvalue weighted by Gasteiger charge is -2.40. The van der Waals surface area contributed by atoms with Gasteiger partial charge < -0.3 is 10.6 Å². The van der Waals surface area contributed by atoms with Crippen LogP contribution in [0.1, 0.15) is 36.0 Å². The Morgan fingerprint density at radius 2 is 1.65 bits per heavy atom. The summed E-state index contributed by atoms with van der Waals surface area (Å²) in [6, 6.07) is 13.3. The van der Waals surface area contributed by atoms with Gasteiger partial charge in [-0.3, -0.25) is 9.59 Å². The Balaban J connectivity index is 1.64. The number of aryl methyl sites for hydroxylation is 2. The molecule has 0 aliphatic heterocycles. The highest BCUT2D eigenvalue weighted by atomic mass is 35.5.